The summed E-state index contributed by atoms with van der Waals surface area (Å²) >= 11 is 0. The van der Waals surface area contributed by atoms with Crippen LogP contribution in [-0.2, 0) is 13.0 Å². The fraction of sp³-hybridized carbons (Fsp3) is 0.500. The first-order chi connectivity index (χ1) is 15.9. The number of anilines is 1. The van der Waals surface area contributed by atoms with Crippen LogP contribution in [0.1, 0.15) is 32.0 Å². The topological polar surface area (TPSA) is 96.0 Å². The predicted octanol–water partition coefficient (Wildman–Crippen LogP) is 3.17. The van der Waals surface area contributed by atoms with Crippen LogP contribution < -0.4 is 9.64 Å². The quantitative estimate of drug-likeness (QED) is 0.550. The second kappa shape index (κ2) is 10.2. The van der Waals surface area contributed by atoms with Crippen LogP contribution in [0.4, 0.5) is 14.5 Å². The van der Waals surface area contributed by atoms with E-state index in [-0.39, 0.29) is 17.6 Å². The number of tetrazole rings is 1. The molecule has 0 unspecified atom stereocenters. The summed E-state index contributed by atoms with van der Waals surface area (Å²) in [7, 11) is 0. The fourth-order valence-electron chi connectivity index (χ4n) is 4.25. The summed E-state index contributed by atoms with van der Waals surface area (Å²) in [6.45, 7) is 6.25. The van der Waals surface area contributed by atoms with E-state index < -0.39 is 6.61 Å². The van der Waals surface area contributed by atoms with Crippen molar-refractivity contribution in [2.24, 2.45) is 5.92 Å². The van der Waals surface area contributed by atoms with Gasteiger partial charge in [-0.15, -0.1) is 10.2 Å². The van der Waals surface area contributed by atoms with E-state index in [0.717, 1.165) is 29.9 Å². The number of aromatic amines is 1. The Bertz CT molecular complexity index is 1030. The zero-order chi connectivity index (χ0) is 23.4. The lowest BCUT2D eigenvalue weighted by atomic mass is 9.98. The van der Waals surface area contributed by atoms with Crippen molar-refractivity contribution in [1.82, 2.24) is 35.7 Å². The molecule has 0 spiro atoms. The standard InChI is InChI=1S/C22H28F2N8O/c1-14(2)9-16-10-18(20(21-27-29-30-28-21)19(11-16)33-22(23)24)32-8-7-31(15(3)12-32)13-17-5-4-6-25-26-17/h4-6,10-11,14-15,22H,7-9,12-13H2,1-3H3,(H,27,28,29,30)/t15-/m0/s1. The number of ether oxygens (including phenoxy) is 1. The monoisotopic (exact) mass is 458 g/mol. The van der Waals surface area contributed by atoms with Gasteiger partial charge in [0.1, 0.15) is 5.75 Å². The van der Waals surface area contributed by atoms with Gasteiger partial charge in [0, 0.05) is 38.4 Å². The highest BCUT2D eigenvalue weighted by molar-refractivity contribution is 5.81. The van der Waals surface area contributed by atoms with Gasteiger partial charge in [-0.1, -0.05) is 13.8 Å². The van der Waals surface area contributed by atoms with Gasteiger partial charge in [-0.25, -0.2) is 0 Å². The highest BCUT2D eigenvalue weighted by atomic mass is 19.3. The molecule has 0 saturated carbocycles. The third kappa shape index (κ3) is 5.59. The molecule has 176 valence electrons. The van der Waals surface area contributed by atoms with Crippen LogP contribution in [0.3, 0.4) is 0 Å². The smallest absolute Gasteiger partial charge is 0.387 e. The predicted molar refractivity (Wildman–Crippen MR) is 119 cm³/mol. The third-order valence-electron chi connectivity index (χ3n) is 5.67. The number of hydrogen-bond donors (Lipinski definition) is 1. The molecule has 1 fully saturated rings. The first-order valence-electron chi connectivity index (χ1n) is 11.0. The first-order valence-corrected chi connectivity index (χ1v) is 11.0. The number of nitrogens with one attached hydrogen (secondary N) is 1. The molecule has 4 rings (SSSR count). The minimum absolute atomic E-state index is 0.0641. The van der Waals surface area contributed by atoms with E-state index >= 15 is 0 Å². The van der Waals surface area contributed by atoms with Crippen molar-refractivity contribution in [3.8, 4) is 17.1 Å². The molecule has 3 heterocycles. The van der Waals surface area contributed by atoms with Gasteiger partial charge in [0.05, 0.1) is 16.9 Å². The molecule has 1 aliphatic rings. The maximum Gasteiger partial charge on any atom is 0.387 e. The molecule has 1 saturated heterocycles. The van der Waals surface area contributed by atoms with E-state index in [1.807, 2.05) is 18.2 Å². The highest BCUT2D eigenvalue weighted by Gasteiger charge is 2.29. The van der Waals surface area contributed by atoms with E-state index in [1.165, 1.54) is 0 Å². The Kier molecular flexibility index (Phi) is 7.07. The second-order valence-corrected chi connectivity index (χ2v) is 8.68. The van der Waals surface area contributed by atoms with Crippen molar-refractivity contribution >= 4 is 5.69 Å². The number of H-pyrrole nitrogens is 1. The largest absolute Gasteiger partial charge is 0.434 e. The highest BCUT2D eigenvalue weighted by Crippen LogP contribution is 2.40. The normalized spacial score (nSPS) is 17.2. The Morgan fingerprint density at radius 2 is 2.06 bits per heavy atom. The number of hydrogen-bond acceptors (Lipinski definition) is 8. The molecule has 0 amide bonds. The van der Waals surface area contributed by atoms with Gasteiger partial charge >= 0.3 is 6.61 Å². The Hall–Kier alpha value is -3.21. The van der Waals surface area contributed by atoms with Gasteiger partial charge in [-0.2, -0.15) is 24.2 Å². The molecule has 0 bridgehead atoms. The van der Waals surface area contributed by atoms with Crippen LogP contribution in [0, 0.1) is 5.92 Å². The fourth-order valence-corrected chi connectivity index (χ4v) is 4.25. The summed E-state index contributed by atoms with van der Waals surface area (Å²) in [5.41, 5.74) is 3.04. The van der Waals surface area contributed by atoms with Crippen LogP contribution >= 0.6 is 0 Å². The van der Waals surface area contributed by atoms with Gasteiger partial charge in [0.2, 0.25) is 5.82 Å². The number of halogens is 2. The lowest BCUT2D eigenvalue weighted by molar-refractivity contribution is -0.0494. The van der Waals surface area contributed by atoms with E-state index in [0.29, 0.717) is 31.1 Å². The molecule has 11 heteroatoms. The number of alkyl halides is 2. The molecule has 1 atom stereocenters. The maximum atomic E-state index is 13.3. The van der Waals surface area contributed by atoms with E-state index in [4.69, 9.17) is 4.74 Å². The van der Waals surface area contributed by atoms with Crippen LogP contribution in [0.5, 0.6) is 5.75 Å². The van der Waals surface area contributed by atoms with E-state index in [9.17, 15) is 8.78 Å². The molecule has 1 aliphatic heterocycles. The van der Waals surface area contributed by atoms with E-state index in [2.05, 4.69) is 61.4 Å². The molecule has 3 aromatic rings. The van der Waals surface area contributed by atoms with Crippen LogP contribution in [0.15, 0.2) is 30.5 Å². The van der Waals surface area contributed by atoms with Gasteiger partial charge < -0.3 is 9.64 Å². The van der Waals surface area contributed by atoms with Crippen molar-refractivity contribution in [3.63, 3.8) is 0 Å². The number of rotatable bonds is 8. The Morgan fingerprint density at radius 1 is 1.21 bits per heavy atom. The van der Waals surface area contributed by atoms with Gasteiger partial charge in [0.15, 0.2) is 0 Å². The number of aromatic nitrogens is 6. The van der Waals surface area contributed by atoms with Crippen molar-refractivity contribution < 1.29 is 13.5 Å². The number of benzene rings is 1. The molecule has 0 aliphatic carbocycles. The summed E-state index contributed by atoms with van der Waals surface area (Å²) in [6.07, 6.45) is 2.40. The summed E-state index contributed by atoms with van der Waals surface area (Å²) in [6, 6.07) is 7.74. The van der Waals surface area contributed by atoms with Crippen molar-refractivity contribution in [3.05, 3.63) is 41.7 Å². The molecular weight excluding hydrogens is 430 g/mol. The average molecular weight is 459 g/mol. The average Bonchev–Trinajstić information content (AvgIpc) is 3.29. The molecule has 33 heavy (non-hydrogen) atoms. The van der Waals surface area contributed by atoms with Crippen LogP contribution in [-0.4, -0.2) is 68.0 Å². The number of nitrogens with zero attached hydrogens (tertiary/aromatic N) is 7. The van der Waals surface area contributed by atoms with Crippen LogP contribution in [0.2, 0.25) is 0 Å². The Morgan fingerprint density at radius 3 is 2.70 bits per heavy atom. The van der Waals surface area contributed by atoms with Gasteiger partial charge in [-0.05, 0) is 54.3 Å². The molecular formula is C22H28F2N8O. The molecule has 1 N–H and O–H groups in total. The van der Waals surface area contributed by atoms with Gasteiger partial charge in [0.25, 0.3) is 0 Å². The lowest BCUT2D eigenvalue weighted by Crippen LogP contribution is -2.51. The SMILES string of the molecule is CC(C)Cc1cc(OC(F)F)c(-c2nn[nH]n2)c(N2CCN(Cc3cccnn3)[C@@H](C)C2)c1. The molecule has 1 aromatic carbocycles. The molecule has 0 radical (unpaired) electrons. The van der Waals surface area contributed by atoms with Crippen molar-refractivity contribution in [1.29, 1.82) is 0 Å². The molecule has 2 aromatic heterocycles. The van der Waals surface area contributed by atoms with Gasteiger partial charge in [-0.3, -0.25) is 4.90 Å². The van der Waals surface area contributed by atoms with Crippen molar-refractivity contribution in [2.75, 3.05) is 24.5 Å². The summed E-state index contributed by atoms with van der Waals surface area (Å²) in [4.78, 5) is 4.52. The number of piperazine rings is 1. The Labute approximate surface area is 191 Å². The summed E-state index contributed by atoms with van der Waals surface area (Å²) < 4.78 is 31.6. The zero-order valence-electron chi connectivity index (χ0n) is 18.9. The van der Waals surface area contributed by atoms with Crippen molar-refractivity contribution in [2.45, 2.75) is 46.4 Å². The third-order valence-corrected chi connectivity index (χ3v) is 5.67. The second-order valence-electron chi connectivity index (χ2n) is 8.68. The van der Waals surface area contributed by atoms with Crippen LogP contribution in [0.25, 0.3) is 11.4 Å². The minimum atomic E-state index is -2.96. The summed E-state index contributed by atoms with van der Waals surface area (Å²) in [5.74, 6) is 0.650. The van der Waals surface area contributed by atoms with E-state index in [1.54, 1.807) is 12.3 Å². The summed E-state index contributed by atoms with van der Waals surface area (Å²) in [5, 5.41) is 22.3. The minimum Gasteiger partial charge on any atom is -0.434 e. The Balaban J connectivity index is 1.67. The first kappa shape index (κ1) is 23.0. The lowest BCUT2D eigenvalue weighted by Gasteiger charge is -2.41. The molecule has 9 nitrogen and oxygen atoms in total. The maximum absolute atomic E-state index is 13.3. The zero-order valence-corrected chi connectivity index (χ0v) is 18.9.